The summed E-state index contributed by atoms with van der Waals surface area (Å²) in [5, 5.41) is 10.6. The Labute approximate surface area is 346 Å². The van der Waals surface area contributed by atoms with Gasteiger partial charge in [0.2, 0.25) is 0 Å². The van der Waals surface area contributed by atoms with Gasteiger partial charge in [-0.1, -0.05) is 71.9 Å². The van der Waals surface area contributed by atoms with Crippen LogP contribution in [-0.2, 0) is 24.1 Å². The minimum Gasteiger partial charge on any atom is -0.346 e. The van der Waals surface area contributed by atoms with Crippen LogP contribution in [-0.4, -0.2) is 46.9 Å². The highest BCUT2D eigenvalue weighted by molar-refractivity contribution is 7.90. The van der Waals surface area contributed by atoms with Crippen LogP contribution in [0.4, 0.5) is 0 Å². The lowest BCUT2D eigenvalue weighted by Gasteiger charge is -2.34. The van der Waals surface area contributed by atoms with Crippen LogP contribution < -0.4 is 0 Å². The van der Waals surface area contributed by atoms with Crippen LogP contribution in [0.3, 0.4) is 0 Å². The number of H-pyrrole nitrogens is 1. The van der Waals surface area contributed by atoms with Crippen molar-refractivity contribution in [1.82, 2.24) is 38.5 Å². The Hall–Kier alpha value is -5.55. The highest BCUT2D eigenvalue weighted by Crippen LogP contribution is 2.67. The number of nitrogens with zero attached hydrogens (tertiary/aromatic N) is 7. The Balaban J connectivity index is 0.000000149. The molecule has 1 aromatic carbocycles. The smallest absolute Gasteiger partial charge is 0.269 e. The number of rotatable bonds is 6. The predicted molar refractivity (Wildman–Crippen MR) is 234 cm³/mol. The zero-order valence-corrected chi connectivity index (χ0v) is 36.0. The number of hydrogen-bond donors (Lipinski definition) is 1. The number of fused-ring (bicyclic) bond motifs is 6. The van der Waals surface area contributed by atoms with Crippen LogP contribution in [0, 0.1) is 33.5 Å². The second-order valence-electron chi connectivity index (χ2n) is 19.0. The third-order valence-electron chi connectivity index (χ3n) is 15.4. The molecule has 0 saturated heterocycles. The van der Waals surface area contributed by atoms with E-state index in [1.165, 1.54) is 57.3 Å². The van der Waals surface area contributed by atoms with Gasteiger partial charge in [0.1, 0.15) is 5.65 Å². The van der Waals surface area contributed by atoms with E-state index in [1.807, 2.05) is 55.8 Å². The molecule has 4 bridgehead atoms. The van der Waals surface area contributed by atoms with Gasteiger partial charge in [-0.25, -0.2) is 22.4 Å². The van der Waals surface area contributed by atoms with Gasteiger partial charge in [0.15, 0.2) is 5.65 Å². The van der Waals surface area contributed by atoms with E-state index in [0.717, 1.165) is 33.3 Å². The summed E-state index contributed by atoms with van der Waals surface area (Å²) in [6, 6.07) is 12.9. The molecule has 0 amide bonds. The molecule has 0 aliphatic heterocycles. The second kappa shape index (κ2) is 12.7. The Kier molecular flexibility index (Phi) is 8.13. The van der Waals surface area contributed by atoms with Crippen molar-refractivity contribution in [3.63, 3.8) is 0 Å². The van der Waals surface area contributed by atoms with Crippen molar-refractivity contribution in [2.24, 2.45) is 47.6 Å². The molecule has 2 unspecified atom stereocenters. The zero-order chi connectivity index (χ0) is 41.3. The number of aryl methyl sites for hydroxylation is 2. The molecule has 0 spiro atoms. The van der Waals surface area contributed by atoms with Gasteiger partial charge < -0.3 is 4.98 Å². The largest absolute Gasteiger partial charge is 0.346 e. The molecule has 302 valence electrons. The highest BCUT2D eigenvalue weighted by atomic mass is 32.2. The molecular formula is C48H52N8O2S. The number of aromatic amines is 1. The first-order valence-corrected chi connectivity index (χ1v) is 22.2. The van der Waals surface area contributed by atoms with E-state index in [-0.39, 0.29) is 15.7 Å². The summed E-state index contributed by atoms with van der Waals surface area (Å²) in [6.45, 7) is 14.4. The first kappa shape index (κ1) is 37.7. The molecular weight excluding hydrogens is 753 g/mol. The molecule has 11 rings (SSSR count). The summed E-state index contributed by atoms with van der Waals surface area (Å²) < 4.78 is 32.0. The summed E-state index contributed by atoms with van der Waals surface area (Å²) in [7, 11) is 0.00412. The molecule has 4 aliphatic carbocycles. The van der Waals surface area contributed by atoms with Crippen LogP contribution in [0.15, 0.2) is 109 Å². The fraction of sp³-hybridized carbons (Fsp3) is 0.375. The quantitative estimate of drug-likeness (QED) is 0.179. The van der Waals surface area contributed by atoms with Gasteiger partial charge in [0.25, 0.3) is 10.0 Å². The van der Waals surface area contributed by atoms with Crippen LogP contribution in [0.1, 0.15) is 78.4 Å². The summed E-state index contributed by atoms with van der Waals surface area (Å²) >= 11 is 0. The van der Waals surface area contributed by atoms with Crippen molar-refractivity contribution < 1.29 is 8.42 Å². The lowest BCUT2D eigenvalue weighted by molar-refractivity contribution is 0.183. The molecule has 2 fully saturated rings. The van der Waals surface area contributed by atoms with Gasteiger partial charge in [-0.2, -0.15) is 10.2 Å². The third kappa shape index (κ3) is 5.52. The van der Waals surface area contributed by atoms with Gasteiger partial charge in [0.05, 0.1) is 17.3 Å². The lowest BCUT2D eigenvalue weighted by Crippen LogP contribution is -2.27. The van der Waals surface area contributed by atoms with Crippen molar-refractivity contribution in [3.8, 4) is 22.3 Å². The Bertz CT molecular complexity index is 3000. The first-order chi connectivity index (χ1) is 28.0. The van der Waals surface area contributed by atoms with Crippen LogP contribution in [0.5, 0.6) is 0 Å². The maximum atomic E-state index is 13.6. The molecule has 6 heterocycles. The third-order valence-corrected chi connectivity index (χ3v) is 17.1. The number of allylic oxidation sites excluding steroid dienone is 4. The summed E-state index contributed by atoms with van der Waals surface area (Å²) in [5.41, 5.74) is 11.6. The van der Waals surface area contributed by atoms with Gasteiger partial charge >= 0.3 is 0 Å². The highest BCUT2D eigenvalue weighted by Gasteiger charge is 2.57. The molecule has 4 aliphatic rings. The number of hydrogen-bond acceptors (Lipinski definition) is 6. The number of aromatic nitrogens is 8. The Morgan fingerprint density at radius 1 is 0.661 bits per heavy atom. The Morgan fingerprint density at radius 2 is 1.20 bits per heavy atom. The summed E-state index contributed by atoms with van der Waals surface area (Å²) in [6.07, 6.45) is 25.2. The van der Waals surface area contributed by atoms with Gasteiger partial charge in [-0.05, 0) is 106 Å². The van der Waals surface area contributed by atoms with Crippen molar-refractivity contribution >= 4 is 43.2 Å². The fourth-order valence-electron chi connectivity index (χ4n) is 11.0. The standard InChI is InChI=1S/C27H28N4O2S.C21H24N4/c1-26(2)24-10-11-27(26,3)13-22(24)18-12-21-23(19-15-29-30(4)16-19)17-31(25(21)28-14-18)34(32,33)20-8-6-5-7-9-20;1-20(2)18-5-6-21(20,3)8-16(18)13-7-15-17(11-23-19(15)22-9-13)14-10-24-25(4)12-14/h5-9,12-17,24H,10-11H2,1-4H3;7-12,18H,5-6H2,1-4H3,(H,22,23)/t24?,27-;18?,21-/m00/s1. The van der Waals surface area contributed by atoms with E-state index < -0.39 is 10.0 Å². The van der Waals surface area contributed by atoms with Crippen molar-refractivity contribution in [1.29, 1.82) is 0 Å². The number of nitrogens with one attached hydrogen (secondary N) is 1. The van der Waals surface area contributed by atoms with E-state index in [4.69, 9.17) is 9.97 Å². The first-order valence-electron chi connectivity index (χ1n) is 20.7. The van der Waals surface area contributed by atoms with Crippen LogP contribution in [0.2, 0.25) is 0 Å². The average molecular weight is 805 g/mol. The maximum absolute atomic E-state index is 13.6. The molecule has 7 aromatic rings. The Morgan fingerprint density at radius 3 is 1.71 bits per heavy atom. The van der Waals surface area contributed by atoms with Gasteiger partial charge in [-0.3, -0.25) is 9.36 Å². The topological polar surface area (TPSA) is 116 Å². The monoisotopic (exact) mass is 804 g/mol. The fourth-order valence-corrected chi connectivity index (χ4v) is 12.3. The van der Waals surface area contributed by atoms with Crippen LogP contribution in [0.25, 0.3) is 55.5 Å². The van der Waals surface area contributed by atoms with E-state index in [2.05, 4.69) is 87.2 Å². The van der Waals surface area contributed by atoms with Gasteiger partial charge in [0, 0.05) is 84.3 Å². The van der Waals surface area contributed by atoms with Crippen molar-refractivity contribution in [2.75, 3.05) is 0 Å². The van der Waals surface area contributed by atoms with Crippen molar-refractivity contribution in [3.05, 3.63) is 115 Å². The number of pyridine rings is 2. The minimum absolute atomic E-state index is 0.177. The molecule has 6 aromatic heterocycles. The van der Waals surface area contributed by atoms with E-state index in [9.17, 15) is 8.42 Å². The van der Waals surface area contributed by atoms with E-state index in [0.29, 0.717) is 28.3 Å². The van der Waals surface area contributed by atoms with Crippen molar-refractivity contribution in [2.45, 2.75) is 72.1 Å². The molecule has 2 saturated carbocycles. The zero-order valence-electron chi connectivity index (χ0n) is 35.2. The summed E-state index contributed by atoms with van der Waals surface area (Å²) in [4.78, 5) is 13.0. The second-order valence-corrected chi connectivity index (χ2v) is 20.9. The van der Waals surface area contributed by atoms with E-state index in [1.54, 1.807) is 41.3 Å². The van der Waals surface area contributed by atoms with E-state index >= 15 is 0 Å². The minimum atomic E-state index is -3.80. The molecule has 0 radical (unpaired) electrons. The number of benzene rings is 1. The normalized spacial score (nSPS) is 25.1. The molecule has 10 nitrogen and oxygen atoms in total. The predicted octanol–water partition coefficient (Wildman–Crippen LogP) is 10.3. The molecule has 59 heavy (non-hydrogen) atoms. The maximum Gasteiger partial charge on any atom is 0.269 e. The molecule has 4 atom stereocenters. The van der Waals surface area contributed by atoms with Gasteiger partial charge in [-0.15, -0.1) is 0 Å². The SMILES string of the molecule is Cn1cc(-c2c[nH]c3ncc(C4=C[C@]5(C)CCC4C5(C)C)cc23)cn1.Cn1cc(-c2cn(S(=O)(=O)c3ccccc3)c3ncc(C4=C[C@]5(C)CCC4C5(C)C)cc23)cn1. The van der Waals surface area contributed by atoms with Crippen LogP contribution >= 0.6 is 0 Å². The molecule has 1 N–H and O–H groups in total. The summed E-state index contributed by atoms with van der Waals surface area (Å²) in [5.74, 6) is 1.12. The molecule has 11 heteroatoms. The lowest BCUT2D eigenvalue weighted by atomic mass is 9.70. The average Bonchev–Trinajstić information content (AvgIpc) is 4.10.